The van der Waals surface area contributed by atoms with E-state index in [-0.39, 0.29) is 11.7 Å². The number of ketones is 1. The topological polar surface area (TPSA) is 49.4 Å². The molecular formula is C22H26N2O2. The summed E-state index contributed by atoms with van der Waals surface area (Å²) < 4.78 is 0. The molecule has 0 unspecified atom stereocenters. The fourth-order valence-electron chi connectivity index (χ4n) is 2.68. The third kappa shape index (κ3) is 6.65. The number of Topliss-reactive ketones (excluding diaryl/α,β-unsaturated/α-hetero) is 1. The standard InChI is InChI=1S/C22H26N2O2/c1-3-15-24(16-13-19-7-5-4-6-8-19)17-14-22(26)23-21-11-9-20(10-12-21)18(2)25/h3-12H,1,13-17H2,2H3,(H,23,26). The molecule has 0 aliphatic heterocycles. The third-order valence-electron chi connectivity index (χ3n) is 4.18. The summed E-state index contributed by atoms with van der Waals surface area (Å²) in [5.74, 6) is -0.0179. The van der Waals surface area contributed by atoms with Gasteiger partial charge in [0.1, 0.15) is 0 Å². The van der Waals surface area contributed by atoms with Crippen molar-refractivity contribution in [3.8, 4) is 0 Å². The fraction of sp³-hybridized carbons (Fsp3) is 0.273. The fourth-order valence-corrected chi connectivity index (χ4v) is 2.68. The smallest absolute Gasteiger partial charge is 0.225 e. The van der Waals surface area contributed by atoms with E-state index in [9.17, 15) is 9.59 Å². The maximum atomic E-state index is 12.2. The van der Waals surface area contributed by atoms with E-state index in [2.05, 4.69) is 28.9 Å². The molecule has 2 aromatic rings. The van der Waals surface area contributed by atoms with Crippen LogP contribution in [0.5, 0.6) is 0 Å². The van der Waals surface area contributed by atoms with Crippen molar-refractivity contribution >= 4 is 17.4 Å². The largest absolute Gasteiger partial charge is 0.326 e. The van der Waals surface area contributed by atoms with Crippen LogP contribution in [0.25, 0.3) is 0 Å². The van der Waals surface area contributed by atoms with E-state index in [1.54, 1.807) is 24.3 Å². The average molecular weight is 350 g/mol. The van der Waals surface area contributed by atoms with Gasteiger partial charge in [0.2, 0.25) is 5.91 Å². The molecule has 26 heavy (non-hydrogen) atoms. The first kappa shape index (κ1) is 19.6. The van der Waals surface area contributed by atoms with Gasteiger partial charge >= 0.3 is 0 Å². The van der Waals surface area contributed by atoms with Gasteiger partial charge in [-0.15, -0.1) is 6.58 Å². The van der Waals surface area contributed by atoms with Crippen LogP contribution in [0.1, 0.15) is 29.3 Å². The molecule has 1 amide bonds. The van der Waals surface area contributed by atoms with Crippen molar-refractivity contribution in [3.63, 3.8) is 0 Å². The second-order valence-electron chi connectivity index (χ2n) is 6.26. The van der Waals surface area contributed by atoms with E-state index in [4.69, 9.17) is 0 Å². The van der Waals surface area contributed by atoms with Gasteiger partial charge in [0.25, 0.3) is 0 Å². The van der Waals surface area contributed by atoms with E-state index in [0.29, 0.717) is 24.2 Å². The van der Waals surface area contributed by atoms with E-state index >= 15 is 0 Å². The van der Waals surface area contributed by atoms with Crippen molar-refractivity contribution in [3.05, 3.63) is 78.4 Å². The van der Waals surface area contributed by atoms with Crippen LogP contribution in [0.4, 0.5) is 5.69 Å². The van der Waals surface area contributed by atoms with E-state index in [1.807, 2.05) is 24.3 Å². The number of hydrogen-bond acceptors (Lipinski definition) is 3. The molecule has 1 N–H and O–H groups in total. The number of nitrogens with zero attached hydrogens (tertiary/aromatic N) is 1. The highest BCUT2D eigenvalue weighted by molar-refractivity contribution is 5.95. The lowest BCUT2D eigenvalue weighted by Gasteiger charge is -2.20. The minimum atomic E-state index is -0.0330. The van der Waals surface area contributed by atoms with Crippen LogP contribution in [-0.4, -0.2) is 36.2 Å². The van der Waals surface area contributed by atoms with Crippen LogP contribution in [0.2, 0.25) is 0 Å². The van der Waals surface area contributed by atoms with Crippen molar-refractivity contribution in [1.29, 1.82) is 0 Å². The first-order valence-corrected chi connectivity index (χ1v) is 8.86. The summed E-state index contributed by atoms with van der Waals surface area (Å²) in [4.78, 5) is 25.7. The first-order chi connectivity index (χ1) is 12.6. The zero-order chi connectivity index (χ0) is 18.8. The Labute approximate surface area is 155 Å². The van der Waals surface area contributed by atoms with Gasteiger partial charge in [-0.2, -0.15) is 0 Å². The average Bonchev–Trinajstić information content (AvgIpc) is 2.65. The monoisotopic (exact) mass is 350 g/mol. The van der Waals surface area contributed by atoms with Gasteiger partial charge < -0.3 is 5.32 Å². The third-order valence-corrected chi connectivity index (χ3v) is 4.18. The van der Waals surface area contributed by atoms with Gasteiger partial charge in [-0.1, -0.05) is 36.4 Å². The molecule has 2 rings (SSSR count). The van der Waals surface area contributed by atoms with E-state index < -0.39 is 0 Å². The molecule has 4 nitrogen and oxygen atoms in total. The van der Waals surface area contributed by atoms with Crippen molar-refractivity contribution in [2.45, 2.75) is 19.8 Å². The van der Waals surface area contributed by atoms with Crippen LogP contribution in [-0.2, 0) is 11.2 Å². The second-order valence-corrected chi connectivity index (χ2v) is 6.26. The van der Waals surface area contributed by atoms with Gasteiger partial charge in [-0.05, 0) is 43.2 Å². The Morgan fingerprint density at radius 3 is 2.35 bits per heavy atom. The Bertz CT molecular complexity index is 724. The number of amides is 1. The van der Waals surface area contributed by atoms with Crippen LogP contribution in [0.15, 0.2) is 67.3 Å². The molecule has 0 fully saturated rings. The van der Waals surface area contributed by atoms with Crippen LogP contribution < -0.4 is 5.32 Å². The summed E-state index contributed by atoms with van der Waals surface area (Å²) in [6.45, 7) is 7.65. The van der Waals surface area contributed by atoms with Gasteiger partial charge in [0.05, 0.1) is 0 Å². The summed E-state index contributed by atoms with van der Waals surface area (Å²) in [6.07, 6.45) is 3.23. The molecule has 0 aliphatic carbocycles. The molecule has 4 heteroatoms. The molecule has 0 radical (unpaired) electrons. The van der Waals surface area contributed by atoms with Crippen molar-refractivity contribution in [1.82, 2.24) is 4.90 Å². The lowest BCUT2D eigenvalue weighted by atomic mass is 10.1. The lowest BCUT2D eigenvalue weighted by molar-refractivity contribution is -0.116. The van der Waals surface area contributed by atoms with Crippen molar-refractivity contribution in [2.24, 2.45) is 0 Å². The number of anilines is 1. The SMILES string of the molecule is C=CCN(CCC(=O)Nc1ccc(C(C)=O)cc1)CCc1ccccc1. The molecule has 0 saturated carbocycles. The van der Waals surface area contributed by atoms with Gasteiger partial charge in [-0.3, -0.25) is 14.5 Å². The Kier molecular flexibility index (Phi) is 7.77. The highest BCUT2D eigenvalue weighted by Crippen LogP contribution is 2.10. The molecule has 0 bridgehead atoms. The number of nitrogens with one attached hydrogen (secondary N) is 1. The highest BCUT2D eigenvalue weighted by Gasteiger charge is 2.08. The molecule has 0 aromatic heterocycles. The summed E-state index contributed by atoms with van der Waals surface area (Å²) >= 11 is 0. The zero-order valence-corrected chi connectivity index (χ0v) is 15.3. The minimum Gasteiger partial charge on any atom is -0.326 e. The Morgan fingerprint density at radius 1 is 1.04 bits per heavy atom. The molecule has 0 heterocycles. The number of hydrogen-bond donors (Lipinski definition) is 1. The molecule has 0 saturated heterocycles. The van der Waals surface area contributed by atoms with Crippen molar-refractivity contribution in [2.75, 3.05) is 25.0 Å². The lowest BCUT2D eigenvalue weighted by Crippen LogP contribution is -2.30. The molecule has 136 valence electrons. The number of rotatable bonds is 10. The van der Waals surface area contributed by atoms with Crippen molar-refractivity contribution < 1.29 is 9.59 Å². The normalized spacial score (nSPS) is 10.5. The van der Waals surface area contributed by atoms with Crippen LogP contribution in [0.3, 0.4) is 0 Å². The Morgan fingerprint density at radius 2 is 1.73 bits per heavy atom. The maximum absolute atomic E-state index is 12.2. The molecule has 0 spiro atoms. The second kappa shape index (κ2) is 10.3. The molecule has 0 aliphatic rings. The highest BCUT2D eigenvalue weighted by atomic mass is 16.1. The first-order valence-electron chi connectivity index (χ1n) is 8.86. The quantitative estimate of drug-likeness (QED) is 0.521. The van der Waals surface area contributed by atoms with E-state index in [1.165, 1.54) is 12.5 Å². The van der Waals surface area contributed by atoms with Crippen LogP contribution >= 0.6 is 0 Å². The Hall–Kier alpha value is -2.72. The van der Waals surface area contributed by atoms with E-state index in [0.717, 1.165) is 19.5 Å². The van der Waals surface area contributed by atoms with Gasteiger partial charge in [-0.25, -0.2) is 0 Å². The molecule has 2 aromatic carbocycles. The number of carbonyl (C=O) groups is 2. The summed E-state index contributed by atoms with van der Waals surface area (Å²) in [5, 5.41) is 2.88. The summed E-state index contributed by atoms with van der Waals surface area (Å²) in [7, 11) is 0. The number of carbonyl (C=O) groups excluding carboxylic acids is 2. The summed E-state index contributed by atoms with van der Waals surface area (Å²) in [6, 6.07) is 17.3. The van der Waals surface area contributed by atoms with Gasteiger partial charge in [0.15, 0.2) is 5.78 Å². The van der Waals surface area contributed by atoms with Crippen LogP contribution in [0, 0.1) is 0 Å². The maximum Gasteiger partial charge on any atom is 0.225 e. The zero-order valence-electron chi connectivity index (χ0n) is 15.3. The predicted octanol–water partition coefficient (Wildman–Crippen LogP) is 3.95. The Balaban J connectivity index is 1.80. The number of benzene rings is 2. The predicted molar refractivity (Wildman–Crippen MR) is 106 cm³/mol. The van der Waals surface area contributed by atoms with Gasteiger partial charge in [0, 0.05) is 37.3 Å². The molecular weight excluding hydrogens is 324 g/mol. The minimum absolute atomic E-state index is 0.0151. The molecule has 0 atom stereocenters. The summed E-state index contributed by atoms with van der Waals surface area (Å²) in [5.41, 5.74) is 2.64.